The maximum atomic E-state index is 13.7. The Bertz CT molecular complexity index is 1170. The van der Waals surface area contributed by atoms with Crippen molar-refractivity contribution < 1.29 is 8.78 Å². The highest BCUT2D eigenvalue weighted by Gasteiger charge is 2.25. The van der Waals surface area contributed by atoms with Crippen LogP contribution in [-0.4, -0.2) is 19.1 Å². The van der Waals surface area contributed by atoms with Crippen molar-refractivity contribution >= 4 is 23.4 Å². The number of nitrogens with zero attached hydrogens (tertiary/aromatic N) is 4. The third kappa shape index (κ3) is 4.73. The summed E-state index contributed by atoms with van der Waals surface area (Å²) in [5.74, 6) is -3.13. The van der Waals surface area contributed by atoms with Gasteiger partial charge in [0.1, 0.15) is 5.82 Å². The predicted molar refractivity (Wildman–Crippen MR) is 111 cm³/mol. The average molecular weight is 436 g/mol. The summed E-state index contributed by atoms with van der Waals surface area (Å²) in [5, 5.41) is 3.27. The number of alkyl halides is 2. The molecule has 1 aromatic carbocycles. The number of nitrogens with one attached hydrogen (secondary N) is 1. The van der Waals surface area contributed by atoms with Gasteiger partial charge in [-0.25, -0.2) is 27.9 Å². The molecule has 0 atom stereocenters. The Labute approximate surface area is 176 Å². The van der Waals surface area contributed by atoms with Gasteiger partial charge in [-0.1, -0.05) is 23.7 Å². The van der Waals surface area contributed by atoms with E-state index < -0.39 is 23.3 Å². The fraction of sp³-hybridized carbons (Fsp3) is 0.300. The lowest BCUT2D eigenvalue weighted by Gasteiger charge is -2.17. The smallest absolute Gasteiger partial charge is 0.310 e. The van der Waals surface area contributed by atoms with Crippen molar-refractivity contribution in [3.05, 3.63) is 79.7 Å². The largest absolute Gasteiger partial charge is 0.355 e. The number of hydrogen-bond acceptors (Lipinski definition) is 5. The summed E-state index contributed by atoms with van der Waals surface area (Å²) in [6.45, 7) is 4.24. The van der Waals surface area contributed by atoms with Gasteiger partial charge in [-0.15, -0.1) is 0 Å². The van der Waals surface area contributed by atoms with E-state index in [0.717, 1.165) is 23.1 Å². The zero-order valence-corrected chi connectivity index (χ0v) is 17.3. The van der Waals surface area contributed by atoms with E-state index in [1.807, 2.05) is 0 Å². The van der Waals surface area contributed by atoms with E-state index in [9.17, 15) is 18.4 Å². The Hall–Kier alpha value is -3.07. The van der Waals surface area contributed by atoms with Crippen LogP contribution < -0.4 is 16.7 Å². The molecule has 0 aliphatic rings. The first-order valence-corrected chi connectivity index (χ1v) is 9.53. The SMILES string of the molecule is CC(C)n1c(=O)nc(Nc2cc(C(C)(F)F)ccn2)n(Cc2ccc(Cl)cc2)c1=O. The number of pyridine rings is 1. The summed E-state index contributed by atoms with van der Waals surface area (Å²) in [6.07, 6.45) is 1.21. The summed E-state index contributed by atoms with van der Waals surface area (Å²) in [6, 6.07) is 8.75. The lowest BCUT2D eigenvalue weighted by molar-refractivity contribution is 0.0174. The summed E-state index contributed by atoms with van der Waals surface area (Å²) in [7, 11) is 0. The fourth-order valence-corrected chi connectivity index (χ4v) is 2.97. The molecule has 0 bridgehead atoms. The number of rotatable bonds is 6. The highest BCUT2D eigenvalue weighted by atomic mass is 35.5. The Morgan fingerprint density at radius 1 is 1.17 bits per heavy atom. The molecule has 0 saturated carbocycles. The normalized spacial score (nSPS) is 11.7. The van der Waals surface area contributed by atoms with Crippen molar-refractivity contribution in [2.45, 2.75) is 39.3 Å². The molecule has 0 unspecified atom stereocenters. The van der Waals surface area contributed by atoms with Gasteiger partial charge in [-0.05, 0) is 43.7 Å². The summed E-state index contributed by atoms with van der Waals surface area (Å²) in [4.78, 5) is 33.4. The predicted octanol–water partition coefficient (Wildman–Crippen LogP) is 3.94. The van der Waals surface area contributed by atoms with Crippen LogP contribution in [0, 0.1) is 0 Å². The van der Waals surface area contributed by atoms with Crippen LogP contribution in [0.5, 0.6) is 0 Å². The number of hydrogen-bond donors (Lipinski definition) is 1. The van der Waals surface area contributed by atoms with Gasteiger partial charge < -0.3 is 5.32 Å². The van der Waals surface area contributed by atoms with Gasteiger partial charge in [-0.3, -0.25) is 4.57 Å². The number of benzene rings is 1. The van der Waals surface area contributed by atoms with E-state index in [2.05, 4.69) is 15.3 Å². The van der Waals surface area contributed by atoms with Crippen molar-refractivity contribution in [2.75, 3.05) is 5.32 Å². The lowest BCUT2D eigenvalue weighted by atomic mass is 10.1. The van der Waals surface area contributed by atoms with Crippen molar-refractivity contribution in [3.8, 4) is 0 Å². The zero-order valence-electron chi connectivity index (χ0n) is 16.6. The highest BCUT2D eigenvalue weighted by Crippen LogP contribution is 2.28. The minimum absolute atomic E-state index is 0.0347. The average Bonchev–Trinajstić information content (AvgIpc) is 2.65. The van der Waals surface area contributed by atoms with Crippen molar-refractivity contribution in [3.63, 3.8) is 0 Å². The maximum Gasteiger partial charge on any atom is 0.355 e. The minimum atomic E-state index is -3.07. The van der Waals surface area contributed by atoms with Crippen LogP contribution in [0.1, 0.15) is 37.9 Å². The summed E-state index contributed by atoms with van der Waals surface area (Å²) < 4.78 is 29.6. The van der Waals surface area contributed by atoms with E-state index >= 15 is 0 Å². The second-order valence-corrected chi connectivity index (χ2v) is 7.56. The molecule has 30 heavy (non-hydrogen) atoms. The Balaban J connectivity index is 2.10. The first-order chi connectivity index (χ1) is 14.1. The van der Waals surface area contributed by atoms with Gasteiger partial charge in [-0.2, -0.15) is 4.98 Å². The molecule has 0 amide bonds. The molecular weight excluding hydrogens is 416 g/mol. The number of anilines is 2. The van der Waals surface area contributed by atoms with Crippen LogP contribution in [-0.2, 0) is 12.5 Å². The summed E-state index contributed by atoms with van der Waals surface area (Å²) >= 11 is 5.92. The number of aromatic nitrogens is 4. The molecule has 0 radical (unpaired) electrons. The molecule has 2 aromatic heterocycles. The van der Waals surface area contributed by atoms with Crippen LogP contribution in [0.2, 0.25) is 5.02 Å². The molecule has 10 heteroatoms. The van der Waals surface area contributed by atoms with Gasteiger partial charge in [0.05, 0.1) is 6.54 Å². The molecule has 0 fully saturated rings. The van der Waals surface area contributed by atoms with Gasteiger partial charge >= 0.3 is 11.4 Å². The molecule has 0 aliphatic heterocycles. The second kappa shape index (κ2) is 8.35. The quantitative estimate of drug-likeness (QED) is 0.634. The van der Waals surface area contributed by atoms with Crippen molar-refractivity contribution in [1.82, 2.24) is 19.1 Å². The standard InChI is InChI=1S/C20H20ClF2N5O2/c1-12(2)28-18(29)26-17(25-16-10-14(8-9-24-16)20(3,22)23)27(19(28)30)11-13-4-6-15(21)7-5-13/h4-10,12H,11H2,1-3H3,(H,24,25,26,29). The van der Waals surface area contributed by atoms with Crippen molar-refractivity contribution in [2.24, 2.45) is 0 Å². The van der Waals surface area contributed by atoms with Crippen LogP contribution >= 0.6 is 11.6 Å². The van der Waals surface area contributed by atoms with E-state index in [4.69, 9.17) is 11.6 Å². The van der Waals surface area contributed by atoms with E-state index in [1.165, 1.54) is 16.8 Å². The van der Waals surface area contributed by atoms with Gasteiger partial charge in [0.2, 0.25) is 5.95 Å². The van der Waals surface area contributed by atoms with Gasteiger partial charge in [0, 0.05) is 29.7 Å². The van der Waals surface area contributed by atoms with Gasteiger partial charge in [0.25, 0.3) is 5.92 Å². The molecule has 3 aromatic rings. The monoisotopic (exact) mass is 435 g/mol. The molecule has 158 valence electrons. The van der Waals surface area contributed by atoms with E-state index in [0.29, 0.717) is 5.02 Å². The van der Waals surface area contributed by atoms with Crippen LogP contribution in [0.25, 0.3) is 0 Å². The van der Waals surface area contributed by atoms with Crippen LogP contribution in [0.3, 0.4) is 0 Å². The Morgan fingerprint density at radius 2 is 1.83 bits per heavy atom. The molecule has 1 N–H and O–H groups in total. The molecule has 7 nitrogen and oxygen atoms in total. The van der Waals surface area contributed by atoms with E-state index in [1.54, 1.807) is 38.1 Å². The van der Waals surface area contributed by atoms with Gasteiger partial charge in [0.15, 0.2) is 0 Å². The molecule has 3 rings (SSSR count). The highest BCUT2D eigenvalue weighted by molar-refractivity contribution is 6.30. The zero-order chi connectivity index (χ0) is 22.1. The van der Waals surface area contributed by atoms with Crippen LogP contribution in [0.15, 0.2) is 52.2 Å². The maximum absolute atomic E-state index is 13.7. The van der Waals surface area contributed by atoms with Crippen LogP contribution in [0.4, 0.5) is 20.5 Å². The fourth-order valence-electron chi connectivity index (χ4n) is 2.85. The Kier molecular flexibility index (Phi) is 6.02. The minimum Gasteiger partial charge on any atom is -0.310 e. The molecular formula is C20H20ClF2N5O2. The molecule has 0 spiro atoms. The summed E-state index contributed by atoms with van der Waals surface area (Å²) in [5.41, 5.74) is -0.856. The Morgan fingerprint density at radius 3 is 2.43 bits per heavy atom. The topological polar surface area (TPSA) is 81.8 Å². The first kappa shape index (κ1) is 21.6. The number of halogens is 3. The first-order valence-electron chi connectivity index (χ1n) is 9.15. The molecule has 0 saturated heterocycles. The lowest BCUT2D eigenvalue weighted by Crippen LogP contribution is -2.43. The third-order valence-corrected chi connectivity index (χ3v) is 4.63. The van der Waals surface area contributed by atoms with E-state index in [-0.39, 0.29) is 23.9 Å². The third-order valence-electron chi connectivity index (χ3n) is 4.38. The second-order valence-electron chi connectivity index (χ2n) is 7.12. The molecule has 0 aliphatic carbocycles. The van der Waals surface area contributed by atoms with Crippen molar-refractivity contribution in [1.29, 1.82) is 0 Å². The molecule has 2 heterocycles.